The summed E-state index contributed by atoms with van der Waals surface area (Å²) in [4.78, 5) is 7.34. The lowest BCUT2D eigenvalue weighted by Gasteiger charge is -2.17. The maximum atomic E-state index is 4.88. The second-order valence-electron chi connectivity index (χ2n) is 5.30. The van der Waals surface area contributed by atoms with Crippen molar-refractivity contribution in [3.8, 4) is 0 Å². The van der Waals surface area contributed by atoms with Crippen molar-refractivity contribution in [2.24, 2.45) is 10.9 Å². The highest BCUT2D eigenvalue weighted by Crippen LogP contribution is 2.16. The number of aliphatic imine (C=N–C) groups is 1. The predicted octanol–water partition coefficient (Wildman–Crippen LogP) is 4.27. The summed E-state index contributed by atoms with van der Waals surface area (Å²) in [6.07, 6.45) is 12.2. The van der Waals surface area contributed by atoms with Gasteiger partial charge in [-0.3, -0.25) is 9.89 Å². The van der Waals surface area contributed by atoms with Gasteiger partial charge in [-0.1, -0.05) is 32.8 Å². The fourth-order valence-electron chi connectivity index (χ4n) is 2.61. The van der Waals surface area contributed by atoms with Gasteiger partial charge in [0.2, 0.25) is 0 Å². The van der Waals surface area contributed by atoms with Gasteiger partial charge in [-0.25, -0.2) is 0 Å². The van der Waals surface area contributed by atoms with E-state index < -0.39 is 0 Å². The van der Waals surface area contributed by atoms with Crippen LogP contribution >= 0.6 is 0 Å². The standard InChI is InChI=1S/C16H30N2/c1-4-7-11-15(6-3)16(10-5-2)17-14-18-12-8-9-13-18/h5,10,15H,4,6-9,11-14H2,1-3H3/b10-5-,17-16+. The number of hydrogen-bond donors (Lipinski definition) is 0. The Labute approximate surface area is 113 Å². The van der Waals surface area contributed by atoms with Crippen LogP contribution in [-0.2, 0) is 0 Å². The highest BCUT2D eigenvalue weighted by Gasteiger charge is 2.13. The van der Waals surface area contributed by atoms with Gasteiger partial charge in [-0.15, -0.1) is 0 Å². The molecule has 2 nitrogen and oxygen atoms in total. The number of likely N-dealkylation sites (tertiary alicyclic amines) is 1. The Morgan fingerprint density at radius 3 is 2.56 bits per heavy atom. The van der Waals surface area contributed by atoms with Crippen LogP contribution in [0, 0.1) is 5.92 Å². The van der Waals surface area contributed by atoms with E-state index in [4.69, 9.17) is 4.99 Å². The largest absolute Gasteiger partial charge is 0.284 e. The molecule has 0 aromatic rings. The molecule has 1 saturated heterocycles. The molecule has 104 valence electrons. The van der Waals surface area contributed by atoms with Crippen LogP contribution in [0.15, 0.2) is 17.1 Å². The second kappa shape index (κ2) is 9.32. The van der Waals surface area contributed by atoms with Crippen LogP contribution in [0.4, 0.5) is 0 Å². The molecule has 0 aromatic heterocycles. The first kappa shape index (κ1) is 15.4. The highest BCUT2D eigenvalue weighted by molar-refractivity contribution is 5.96. The molecular weight excluding hydrogens is 220 g/mol. The van der Waals surface area contributed by atoms with Crippen LogP contribution in [0.2, 0.25) is 0 Å². The van der Waals surface area contributed by atoms with E-state index in [1.165, 1.54) is 57.3 Å². The summed E-state index contributed by atoms with van der Waals surface area (Å²) < 4.78 is 0. The van der Waals surface area contributed by atoms with Crippen LogP contribution in [0.3, 0.4) is 0 Å². The fraction of sp³-hybridized carbons (Fsp3) is 0.812. The van der Waals surface area contributed by atoms with Gasteiger partial charge in [-0.05, 0) is 51.8 Å². The zero-order valence-corrected chi connectivity index (χ0v) is 12.5. The molecule has 0 amide bonds. The molecule has 0 radical (unpaired) electrons. The minimum absolute atomic E-state index is 0.656. The second-order valence-corrected chi connectivity index (χ2v) is 5.30. The molecule has 1 aliphatic heterocycles. The molecule has 1 rings (SSSR count). The fourth-order valence-corrected chi connectivity index (χ4v) is 2.61. The van der Waals surface area contributed by atoms with Crippen molar-refractivity contribution in [1.82, 2.24) is 4.90 Å². The first-order valence-electron chi connectivity index (χ1n) is 7.71. The lowest BCUT2D eigenvalue weighted by Crippen LogP contribution is -2.21. The van der Waals surface area contributed by atoms with Gasteiger partial charge in [-0.2, -0.15) is 0 Å². The van der Waals surface area contributed by atoms with E-state index in [9.17, 15) is 0 Å². The van der Waals surface area contributed by atoms with E-state index in [2.05, 4.69) is 37.8 Å². The molecule has 1 fully saturated rings. The SMILES string of the molecule is C/C=C\C(=N/CN1CCCC1)C(CC)CCCC. The highest BCUT2D eigenvalue weighted by atomic mass is 15.2. The molecule has 1 unspecified atom stereocenters. The van der Waals surface area contributed by atoms with Gasteiger partial charge in [0.15, 0.2) is 0 Å². The number of nitrogens with zero attached hydrogens (tertiary/aromatic N) is 2. The molecule has 1 heterocycles. The third-order valence-corrected chi connectivity index (χ3v) is 3.81. The molecule has 0 bridgehead atoms. The smallest absolute Gasteiger partial charge is 0.0912 e. The molecule has 2 heteroatoms. The lowest BCUT2D eigenvalue weighted by atomic mass is 9.93. The molecular formula is C16H30N2. The number of allylic oxidation sites excluding steroid dienone is 2. The summed E-state index contributed by atoms with van der Waals surface area (Å²) in [7, 11) is 0. The van der Waals surface area contributed by atoms with E-state index in [0.29, 0.717) is 5.92 Å². The number of hydrogen-bond acceptors (Lipinski definition) is 2. The topological polar surface area (TPSA) is 15.6 Å². The van der Waals surface area contributed by atoms with E-state index >= 15 is 0 Å². The van der Waals surface area contributed by atoms with Crippen molar-refractivity contribution in [3.05, 3.63) is 12.2 Å². The Bertz CT molecular complexity index is 262. The van der Waals surface area contributed by atoms with Crippen LogP contribution in [-0.4, -0.2) is 30.4 Å². The zero-order valence-electron chi connectivity index (χ0n) is 12.5. The normalized spacial score (nSPS) is 19.8. The molecule has 18 heavy (non-hydrogen) atoms. The molecule has 0 N–H and O–H groups in total. The van der Waals surface area contributed by atoms with Crippen LogP contribution < -0.4 is 0 Å². The van der Waals surface area contributed by atoms with Gasteiger partial charge in [0.1, 0.15) is 0 Å². The van der Waals surface area contributed by atoms with Crippen LogP contribution in [0.5, 0.6) is 0 Å². The maximum Gasteiger partial charge on any atom is 0.0912 e. The molecule has 0 aliphatic carbocycles. The lowest BCUT2D eigenvalue weighted by molar-refractivity contribution is 0.350. The average Bonchev–Trinajstić information content (AvgIpc) is 2.89. The minimum atomic E-state index is 0.656. The van der Waals surface area contributed by atoms with Crippen molar-refractivity contribution < 1.29 is 0 Å². The number of unbranched alkanes of at least 4 members (excludes halogenated alkanes) is 1. The first-order valence-corrected chi connectivity index (χ1v) is 7.71. The summed E-state index contributed by atoms with van der Waals surface area (Å²) in [5, 5.41) is 0. The third-order valence-electron chi connectivity index (χ3n) is 3.81. The molecule has 0 spiro atoms. The van der Waals surface area contributed by atoms with E-state index in [-0.39, 0.29) is 0 Å². The van der Waals surface area contributed by atoms with E-state index in [0.717, 1.165) is 6.67 Å². The summed E-state index contributed by atoms with van der Waals surface area (Å²) in [6.45, 7) is 10.0. The Morgan fingerprint density at radius 1 is 1.28 bits per heavy atom. The molecule has 1 atom stereocenters. The number of rotatable bonds is 8. The maximum absolute atomic E-state index is 4.88. The van der Waals surface area contributed by atoms with Gasteiger partial charge in [0, 0.05) is 11.6 Å². The van der Waals surface area contributed by atoms with Gasteiger partial charge in [0.25, 0.3) is 0 Å². The Hall–Kier alpha value is -0.630. The van der Waals surface area contributed by atoms with Crippen LogP contribution in [0.25, 0.3) is 0 Å². The minimum Gasteiger partial charge on any atom is -0.284 e. The Morgan fingerprint density at radius 2 is 2.00 bits per heavy atom. The van der Waals surface area contributed by atoms with Gasteiger partial charge in [0.05, 0.1) is 6.67 Å². The van der Waals surface area contributed by atoms with Crippen molar-refractivity contribution in [2.45, 2.75) is 59.3 Å². The quantitative estimate of drug-likeness (QED) is 0.587. The van der Waals surface area contributed by atoms with E-state index in [1.807, 2.05) is 0 Å². The average molecular weight is 250 g/mol. The summed E-state index contributed by atoms with van der Waals surface area (Å²) in [5.41, 5.74) is 1.32. The van der Waals surface area contributed by atoms with Crippen molar-refractivity contribution >= 4 is 5.71 Å². The predicted molar refractivity (Wildman–Crippen MR) is 81.2 cm³/mol. The third kappa shape index (κ3) is 5.34. The van der Waals surface area contributed by atoms with Gasteiger partial charge < -0.3 is 0 Å². The first-order chi connectivity index (χ1) is 8.81. The van der Waals surface area contributed by atoms with E-state index in [1.54, 1.807) is 0 Å². The summed E-state index contributed by atoms with van der Waals surface area (Å²) in [5.74, 6) is 0.656. The molecule has 0 saturated carbocycles. The Balaban J connectivity index is 2.56. The molecule has 1 aliphatic rings. The van der Waals surface area contributed by atoms with Crippen LogP contribution in [0.1, 0.15) is 59.3 Å². The summed E-state index contributed by atoms with van der Waals surface area (Å²) in [6, 6.07) is 0. The van der Waals surface area contributed by atoms with Crippen molar-refractivity contribution in [2.75, 3.05) is 19.8 Å². The van der Waals surface area contributed by atoms with Crippen molar-refractivity contribution in [1.29, 1.82) is 0 Å². The van der Waals surface area contributed by atoms with Crippen molar-refractivity contribution in [3.63, 3.8) is 0 Å². The Kier molecular flexibility index (Phi) is 7.99. The zero-order chi connectivity index (χ0) is 13.2. The molecule has 0 aromatic carbocycles. The summed E-state index contributed by atoms with van der Waals surface area (Å²) >= 11 is 0. The van der Waals surface area contributed by atoms with Gasteiger partial charge >= 0.3 is 0 Å². The monoisotopic (exact) mass is 250 g/mol.